The molecule has 138 valence electrons. The topological polar surface area (TPSA) is 43.2 Å². The number of nitrogens with zero attached hydrogens (tertiary/aromatic N) is 4. The summed E-state index contributed by atoms with van der Waals surface area (Å²) in [4.78, 5) is 7.20. The number of fused-ring (bicyclic) bond motifs is 1. The Balaban J connectivity index is 1.32. The van der Waals surface area contributed by atoms with Crippen molar-refractivity contribution >= 4 is 0 Å². The summed E-state index contributed by atoms with van der Waals surface area (Å²) in [7, 11) is 1.95. The number of rotatable bonds is 4. The molecule has 27 heavy (non-hydrogen) atoms. The van der Waals surface area contributed by atoms with Gasteiger partial charge in [0.15, 0.2) is 0 Å². The maximum atomic E-state index is 5.72. The minimum absolute atomic E-state index is 0.435. The first kappa shape index (κ1) is 16.5. The third kappa shape index (κ3) is 3.23. The molecule has 1 aromatic carbocycles. The molecule has 0 radical (unpaired) electrons. The van der Waals surface area contributed by atoms with E-state index in [1.165, 1.54) is 29.5 Å². The van der Waals surface area contributed by atoms with Gasteiger partial charge in [0.25, 0.3) is 0 Å². The third-order valence-corrected chi connectivity index (χ3v) is 5.67. The Kier molecular flexibility index (Phi) is 4.17. The molecule has 0 unspecified atom stereocenters. The van der Waals surface area contributed by atoms with E-state index in [2.05, 4.69) is 57.7 Å². The van der Waals surface area contributed by atoms with Crippen LogP contribution in [-0.2, 0) is 20.0 Å². The lowest BCUT2D eigenvalue weighted by atomic mass is 10.0. The maximum Gasteiger partial charge on any atom is 0.141 e. The minimum Gasteiger partial charge on any atom is -0.491 e. The molecule has 1 saturated heterocycles. The fourth-order valence-corrected chi connectivity index (χ4v) is 4.24. The number of ether oxygens (including phenoxy) is 1. The Bertz CT molecular complexity index is 947. The standard InChI is InChI=1S/C22H24N4O/c1-25-15-19(13-24-25)17-6-4-16(5-7-17)14-26-9-2-3-21(26)18-11-22-20(23-12-18)8-10-27-22/h4-7,11-13,15,21H,2-3,8-10,14H2,1H3/t21-/m1/s1. The van der Waals surface area contributed by atoms with Crippen molar-refractivity contribution < 1.29 is 4.74 Å². The van der Waals surface area contributed by atoms with Gasteiger partial charge in [-0.2, -0.15) is 5.10 Å². The van der Waals surface area contributed by atoms with Gasteiger partial charge in [-0.05, 0) is 42.1 Å². The second-order valence-electron chi connectivity index (χ2n) is 7.54. The van der Waals surface area contributed by atoms with E-state index in [1.807, 2.05) is 17.9 Å². The average molecular weight is 360 g/mol. The summed E-state index contributed by atoms with van der Waals surface area (Å²) >= 11 is 0. The van der Waals surface area contributed by atoms with E-state index < -0.39 is 0 Å². The van der Waals surface area contributed by atoms with E-state index in [1.54, 1.807) is 0 Å². The first-order chi connectivity index (χ1) is 13.3. The first-order valence-corrected chi connectivity index (χ1v) is 9.70. The summed E-state index contributed by atoms with van der Waals surface area (Å²) in [5.41, 5.74) is 6.12. The Hall–Kier alpha value is -2.66. The van der Waals surface area contributed by atoms with Crippen LogP contribution in [0.15, 0.2) is 48.9 Å². The fourth-order valence-electron chi connectivity index (χ4n) is 4.24. The van der Waals surface area contributed by atoms with Crippen LogP contribution in [0.4, 0.5) is 0 Å². The molecule has 1 atom stereocenters. The van der Waals surface area contributed by atoms with E-state index in [0.29, 0.717) is 6.04 Å². The van der Waals surface area contributed by atoms with Crippen LogP contribution in [0.3, 0.4) is 0 Å². The number of aromatic nitrogens is 3. The molecular weight excluding hydrogens is 336 g/mol. The van der Waals surface area contributed by atoms with E-state index >= 15 is 0 Å². The van der Waals surface area contributed by atoms with Crippen LogP contribution in [0.25, 0.3) is 11.1 Å². The molecule has 0 bridgehead atoms. The molecule has 0 aliphatic carbocycles. The number of hydrogen-bond donors (Lipinski definition) is 0. The van der Waals surface area contributed by atoms with Gasteiger partial charge in [0.1, 0.15) is 5.75 Å². The molecule has 0 saturated carbocycles. The molecular formula is C22H24N4O. The van der Waals surface area contributed by atoms with Crippen LogP contribution in [0.2, 0.25) is 0 Å². The normalized spacial score (nSPS) is 19.2. The molecule has 0 spiro atoms. The van der Waals surface area contributed by atoms with Crippen LogP contribution >= 0.6 is 0 Å². The first-order valence-electron chi connectivity index (χ1n) is 9.70. The number of pyridine rings is 1. The van der Waals surface area contributed by atoms with Crippen molar-refractivity contribution in [1.82, 2.24) is 19.7 Å². The molecule has 2 aliphatic heterocycles. The third-order valence-electron chi connectivity index (χ3n) is 5.67. The van der Waals surface area contributed by atoms with Crippen molar-refractivity contribution in [2.24, 2.45) is 7.05 Å². The van der Waals surface area contributed by atoms with Gasteiger partial charge in [-0.25, -0.2) is 0 Å². The summed E-state index contributed by atoms with van der Waals surface area (Å²) in [6, 6.07) is 11.5. The Morgan fingerprint density at radius 3 is 2.85 bits per heavy atom. The lowest BCUT2D eigenvalue weighted by molar-refractivity contribution is 0.247. The molecule has 2 aromatic heterocycles. The van der Waals surface area contributed by atoms with E-state index in [9.17, 15) is 0 Å². The Morgan fingerprint density at radius 1 is 1.15 bits per heavy atom. The molecule has 3 aromatic rings. The van der Waals surface area contributed by atoms with Crippen LogP contribution in [0.5, 0.6) is 5.75 Å². The van der Waals surface area contributed by atoms with Gasteiger partial charge in [-0.1, -0.05) is 24.3 Å². The van der Waals surface area contributed by atoms with Crippen molar-refractivity contribution in [2.75, 3.05) is 13.2 Å². The minimum atomic E-state index is 0.435. The highest BCUT2D eigenvalue weighted by Crippen LogP contribution is 2.36. The van der Waals surface area contributed by atoms with Crippen molar-refractivity contribution in [3.8, 4) is 16.9 Å². The van der Waals surface area contributed by atoms with E-state index in [0.717, 1.165) is 43.1 Å². The highest BCUT2D eigenvalue weighted by atomic mass is 16.5. The van der Waals surface area contributed by atoms with Crippen molar-refractivity contribution in [3.63, 3.8) is 0 Å². The van der Waals surface area contributed by atoms with E-state index in [-0.39, 0.29) is 0 Å². The molecule has 1 fully saturated rings. The monoisotopic (exact) mass is 360 g/mol. The summed E-state index contributed by atoms with van der Waals surface area (Å²) < 4.78 is 7.56. The fraction of sp³-hybridized carbons (Fsp3) is 0.364. The zero-order valence-corrected chi connectivity index (χ0v) is 15.6. The number of aryl methyl sites for hydroxylation is 1. The average Bonchev–Trinajstić information content (AvgIpc) is 3.42. The molecule has 5 heteroatoms. The van der Waals surface area contributed by atoms with Crippen molar-refractivity contribution in [3.05, 3.63) is 65.7 Å². The Morgan fingerprint density at radius 2 is 2.04 bits per heavy atom. The van der Waals surface area contributed by atoms with Crippen LogP contribution in [0.1, 0.15) is 35.7 Å². The van der Waals surface area contributed by atoms with Crippen molar-refractivity contribution in [2.45, 2.75) is 31.8 Å². The van der Waals surface area contributed by atoms with Gasteiger partial charge in [0.2, 0.25) is 0 Å². The van der Waals surface area contributed by atoms with Gasteiger partial charge in [-0.3, -0.25) is 14.6 Å². The van der Waals surface area contributed by atoms with Crippen LogP contribution in [-0.4, -0.2) is 32.8 Å². The van der Waals surface area contributed by atoms with Gasteiger partial charge in [-0.15, -0.1) is 0 Å². The summed E-state index contributed by atoms with van der Waals surface area (Å²) in [6.07, 6.45) is 9.38. The van der Waals surface area contributed by atoms with Crippen LogP contribution < -0.4 is 4.74 Å². The molecule has 5 rings (SSSR count). The lowest BCUT2D eigenvalue weighted by Gasteiger charge is -2.25. The van der Waals surface area contributed by atoms with Gasteiger partial charge < -0.3 is 4.74 Å². The number of likely N-dealkylation sites (tertiary alicyclic amines) is 1. The Labute approximate surface area is 159 Å². The molecule has 0 amide bonds. The molecule has 5 nitrogen and oxygen atoms in total. The van der Waals surface area contributed by atoms with Gasteiger partial charge in [0, 0.05) is 44.0 Å². The second-order valence-corrected chi connectivity index (χ2v) is 7.54. The molecule has 4 heterocycles. The highest BCUT2D eigenvalue weighted by Gasteiger charge is 2.27. The maximum absolute atomic E-state index is 5.72. The highest BCUT2D eigenvalue weighted by molar-refractivity contribution is 5.61. The largest absolute Gasteiger partial charge is 0.491 e. The second kappa shape index (κ2) is 6.82. The summed E-state index contributed by atoms with van der Waals surface area (Å²) in [5.74, 6) is 0.986. The van der Waals surface area contributed by atoms with Gasteiger partial charge in [0.05, 0.1) is 18.5 Å². The molecule has 2 aliphatic rings. The predicted octanol–water partition coefficient (Wildman–Crippen LogP) is 3.75. The smallest absolute Gasteiger partial charge is 0.141 e. The SMILES string of the molecule is Cn1cc(-c2ccc(CN3CCC[C@@H]3c3cnc4c(c3)OCC4)cc2)cn1. The summed E-state index contributed by atoms with van der Waals surface area (Å²) in [6.45, 7) is 2.87. The van der Waals surface area contributed by atoms with E-state index in [4.69, 9.17) is 4.74 Å². The zero-order chi connectivity index (χ0) is 18.2. The molecule has 0 N–H and O–H groups in total. The quantitative estimate of drug-likeness (QED) is 0.711. The van der Waals surface area contributed by atoms with Gasteiger partial charge >= 0.3 is 0 Å². The summed E-state index contributed by atoms with van der Waals surface area (Å²) in [5, 5.41) is 4.26. The number of hydrogen-bond acceptors (Lipinski definition) is 4. The van der Waals surface area contributed by atoms with Crippen molar-refractivity contribution in [1.29, 1.82) is 0 Å². The lowest BCUT2D eigenvalue weighted by Crippen LogP contribution is -2.22. The zero-order valence-electron chi connectivity index (χ0n) is 15.6. The number of benzene rings is 1. The predicted molar refractivity (Wildman–Crippen MR) is 104 cm³/mol. The van der Waals surface area contributed by atoms with Crippen LogP contribution in [0, 0.1) is 0 Å².